The first-order valence-electron chi connectivity index (χ1n) is 11.3. The lowest BCUT2D eigenvalue weighted by molar-refractivity contribution is -0.137. The zero-order chi connectivity index (χ0) is 24.6. The molecular formula is C27H24F4N2O2. The van der Waals surface area contributed by atoms with Crippen LogP contribution in [0.3, 0.4) is 0 Å². The van der Waals surface area contributed by atoms with Crippen molar-refractivity contribution in [2.24, 2.45) is 0 Å². The SMILES string of the molecule is COc1cc(CN2CCN(c3ccccc3F)CC2)cc2cc(-c3cccc(C(F)(F)F)c3)oc12. The highest BCUT2D eigenvalue weighted by molar-refractivity contribution is 5.88. The van der Waals surface area contributed by atoms with Gasteiger partial charge in [-0.05, 0) is 48.0 Å². The second kappa shape index (κ2) is 9.26. The number of hydrogen-bond donors (Lipinski definition) is 0. The van der Waals surface area contributed by atoms with E-state index < -0.39 is 11.7 Å². The van der Waals surface area contributed by atoms with E-state index in [1.165, 1.54) is 19.2 Å². The largest absolute Gasteiger partial charge is 0.493 e. The van der Waals surface area contributed by atoms with Crippen molar-refractivity contribution in [2.45, 2.75) is 12.7 Å². The summed E-state index contributed by atoms with van der Waals surface area (Å²) in [5.41, 5.74) is 1.75. The number of piperazine rings is 1. The van der Waals surface area contributed by atoms with Crippen molar-refractivity contribution in [3.8, 4) is 17.1 Å². The average Bonchev–Trinajstić information content (AvgIpc) is 3.28. The van der Waals surface area contributed by atoms with Gasteiger partial charge in [0.05, 0.1) is 18.4 Å². The number of alkyl halides is 3. The van der Waals surface area contributed by atoms with Gasteiger partial charge in [0.2, 0.25) is 0 Å². The highest BCUT2D eigenvalue weighted by atomic mass is 19.4. The molecule has 1 aliphatic rings. The molecule has 0 saturated carbocycles. The van der Waals surface area contributed by atoms with Crippen LogP contribution in [0.4, 0.5) is 23.2 Å². The highest BCUT2D eigenvalue weighted by Crippen LogP contribution is 2.37. The quantitative estimate of drug-likeness (QED) is 0.299. The van der Waals surface area contributed by atoms with Crippen molar-refractivity contribution in [2.75, 3.05) is 38.2 Å². The predicted octanol–water partition coefficient (Wildman–Crippen LogP) is 6.59. The number of nitrogens with zero attached hydrogens (tertiary/aromatic N) is 2. The third-order valence-electron chi connectivity index (χ3n) is 6.31. The normalized spacial score (nSPS) is 15.1. The number of halogens is 4. The van der Waals surface area contributed by atoms with E-state index in [0.29, 0.717) is 48.0 Å². The summed E-state index contributed by atoms with van der Waals surface area (Å²) in [4.78, 5) is 4.33. The topological polar surface area (TPSA) is 28.9 Å². The molecule has 5 rings (SSSR count). The van der Waals surface area contributed by atoms with Crippen molar-refractivity contribution in [1.29, 1.82) is 0 Å². The molecule has 2 heterocycles. The van der Waals surface area contributed by atoms with Gasteiger partial charge in [0.1, 0.15) is 11.6 Å². The van der Waals surface area contributed by atoms with E-state index >= 15 is 0 Å². The standard InChI is InChI=1S/C27H24F4N2O2/c1-34-25-14-18(17-32-9-11-33(12-10-32)23-8-3-2-7-22(23)28)13-20-16-24(35-26(20)25)19-5-4-6-21(15-19)27(29,30)31/h2-8,13-16H,9-12,17H2,1H3. The third kappa shape index (κ3) is 4.84. The number of ether oxygens (including phenoxy) is 1. The van der Waals surface area contributed by atoms with Crippen molar-refractivity contribution >= 4 is 16.7 Å². The first-order valence-corrected chi connectivity index (χ1v) is 11.3. The fraction of sp³-hybridized carbons (Fsp3) is 0.259. The van der Waals surface area contributed by atoms with Gasteiger partial charge in [-0.2, -0.15) is 13.2 Å². The van der Waals surface area contributed by atoms with Gasteiger partial charge < -0.3 is 14.1 Å². The lowest BCUT2D eigenvalue weighted by atomic mass is 10.1. The summed E-state index contributed by atoms with van der Waals surface area (Å²) in [6, 6.07) is 17.5. The molecule has 4 nitrogen and oxygen atoms in total. The fourth-order valence-electron chi connectivity index (χ4n) is 4.53. The fourth-order valence-corrected chi connectivity index (χ4v) is 4.53. The van der Waals surface area contributed by atoms with Crippen LogP contribution in [-0.4, -0.2) is 38.2 Å². The van der Waals surface area contributed by atoms with Crippen molar-refractivity contribution < 1.29 is 26.7 Å². The molecule has 1 saturated heterocycles. The molecule has 1 fully saturated rings. The van der Waals surface area contributed by atoms with E-state index in [2.05, 4.69) is 4.90 Å². The van der Waals surface area contributed by atoms with E-state index in [9.17, 15) is 17.6 Å². The molecule has 0 bridgehead atoms. The van der Waals surface area contributed by atoms with Gasteiger partial charge >= 0.3 is 6.18 Å². The number of rotatable bonds is 5. The molecule has 0 atom stereocenters. The smallest absolute Gasteiger partial charge is 0.416 e. The number of anilines is 1. The Kier molecular flexibility index (Phi) is 6.15. The Morgan fingerprint density at radius 2 is 1.69 bits per heavy atom. The molecule has 0 aliphatic carbocycles. The Hall–Kier alpha value is -3.52. The Morgan fingerprint density at radius 1 is 0.914 bits per heavy atom. The molecule has 4 aromatic rings. The summed E-state index contributed by atoms with van der Waals surface area (Å²) in [5, 5.41) is 0.761. The molecule has 0 N–H and O–H groups in total. The van der Waals surface area contributed by atoms with Gasteiger partial charge in [0.15, 0.2) is 11.3 Å². The molecule has 0 unspecified atom stereocenters. The van der Waals surface area contributed by atoms with Crippen LogP contribution >= 0.6 is 0 Å². The minimum Gasteiger partial charge on any atom is -0.493 e. The number of furan rings is 1. The van der Waals surface area contributed by atoms with E-state index in [0.717, 1.165) is 36.2 Å². The number of methoxy groups -OCH3 is 1. The van der Waals surface area contributed by atoms with E-state index in [1.54, 1.807) is 24.3 Å². The lowest BCUT2D eigenvalue weighted by Gasteiger charge is -2.36. The molecule has 35 heavy (non-hydrogen) atoms. The summed E-state index contributed by atoms with van der Waals surface area (Å²) in [5.74, 6) is 0.661. The Balaban J connectivity index is 1.35. The molecule has 0 radical (unpaired) electrons. The number of hydrogen-bond acceptors (Lipinski definition) is 4. The first-order chi connectivity index (χ1) is 16.8. The van der Waals surface area contributed by atoms with Gasteiger partial charge in [-0.15, -0.1) is 0 Å². The first kappa shape index (κ1) is 23.2. The van der Waals surface area contributed by atoms with Gasteiger partial charge in [-0.3, -0.25) is 4.90 Å². The maximum Gasteiger partial charge on any atom is 0.416 e. The van der Waals surface area contributed by atoms with Crippen molar-refractivity contribution in [3.05, 3.63) is 83.7 Å². The molecular weight excluding hydrogens is 460 g/mol. The van der Waals surface area contributed by atoms with Crippen LogP contribution in [0.2, 0.25) is 0 Å². The van der Waals surface area contributed by atoms with Crippen LogP contribution in [0.1, 0.15) is 11.1 Å². The lowest BCUT2D eigenvalue weighted by Crippen LogP contribution is -2.46. The number of para-hydroxylation sites is 1. The van der Waals surface area contributed by atoms with Crippen LogP contribution < -0.4 is 9.64 Å². The molecule has 1 aromatic heterocycles. The zero-order valence-corrected chi connectivity index (χ0v) is 19.1. The van der Waals surface area contributed by atoms with Gasteiger partial charge in [-0.25, -0.2) is 4.39 Å². The number of benzene rings is 3. The molecule has 1 aliphatic heterocycles. The van der Waals surface area contributed by atoms with Crippen LogP contribution in [0, 0.1) is 5.82 Å². The van der Waals surface area contributed by atoms with Crippen molar-refractivity contribution in [1.82, 2.24) is 4.90 Å². The maximum atomic E-state index is 14.1. The summed E-state index contributed by atoms with van der Waals surface area (Å²) in [7, 11) is 1.54. The van der Waals surface area contributed by atoms with Gasteiger partial charge in [-0.1, -0.05) is 24.3 Å². The molecule has 182 valence electrons. The monoisotopic (exact) mass is 484 g/mol. The molecule has 0 amide bonds. The van der Waals surface area contributed by atoms with Crippen LogP contribution in [-0.2, 0) is 12.7 Å². The highest BCUT2D eigenvalue weighted by Gasteiger charge is 2.30. The number of fused-ring (bicyclic) bond motifs is 1. The molecule has 8 heteroatoms. The predicted molar refractivity (Wildman–Crippen MR) is 127 cm³/mol. The van der Waals surface area contributed by atoms with E-state index in [1.807, 2.05) is 23.1 Å². The molecule has 0 spiro atoms. The summed E-state index contributed by atoms with van der Waals surface area (Å²) >= 11 is 0. The second-order valence-electron chi connectivity index (χ2n) is 8.62. The summed E-state index contributed by atoms with van der Waals surface area (Å²) < 4.78 is 65.0. The Morgan fingerprint density at radius 3 is 2.40 bits per heavy atom. The molecule has 3 aromatic carbocycles. The second-order valence-corrected chi connectivity index (χ2v) is 8.62. The van der Waals surface area contributed by atoms with Crippen LogP contribution in [0.15, 0.2) is 71.1 Å². The maximum absolute atomic E-state index is 14.1. The van der Waals surface area contributed by atoms with E-state index in [-0.39, 0.29) is 5.82 Å². The summed E-state index contributed by atoms with van der Waals surface area (Å²) in [6.07, 6.45) is -4.43. The Labute approximate surface area is 200 Å². The minimum atomic E-state index is -4.43. The van der Waals surface area contributed by atoms with Gasteiger partial charge in [0, 0.05) is 43.7 Å². The minimum absolute atomic E-state index is 0.215. The zero-order valence-electron chi connectivity index (χ0n) is 19.1. The Bertz CT molecular complexity index is 1340. The average molecular weight is 484 g/mol. The summed E-state index contributed by atoms with van der Waals surface area (Å²) in [6.45, 7) is 3.64. The van der Waals surface area contributed by atoms with E-state index in [4.69, 9.17) is 9.15 Å². The van der Waals surface area contributed by atoms with Crippen LogP contribution in [0.25, 0.3) is 22.3 Å². The third-order valence-corrected chi connectivity index (χ3v) is 6.31. The van der Waals surface area contributed by atoms with Gasteiger partial charge in [0.25, 0.3) is 0 Å². The van der Waals surface area contributed by atoms with Crippen LogP contribution in [0.5, 0.6) is 5.75 Å². The van der Waals surface area contributed by atoms with Crippen molar-refractivity contribution in [3.63, 3.8) is 0 Å².